The van der Waals surface area contributed by atoms with E-state index in [1.807, 2.05) is 33.3 Å². The minimum Gasteiger partial charge on any atom is -0.366 e. The lowest BCUT2D eigenvalue weighted by molar-refractivity contribution is 0.768. The van der Waals surface area contributed by atoms with Gasteiger partial charge < -0.3 is 5.32 Å². The molecule has 3 rings (SSSR count). The molecule has 0 saturated heterocycles. The molecule has 124 valence electrons. The quantitative estimate of drug-likeness (QED) is 0.712. The summed E-state index contributed by atoms with van der Waals surface area (Å²) in [6, 6.07) is 8.39. The average molecular weight is 342 g/mol. The third kappa shape index (κ3) is 3.57. The van der Waals surface area contributed by atoms with Gasteiger partial charge in [-0.1, -0.05) is 36.7 Å². The van der Waals surface area contributed by atoms with Gasteiger partial charge in [0.1, 0.15) is 16.8 Å². The van der Waals surface area contributed by atoms with E-state index in [4.69, 9.17) is 11.6 Å². The smallest absolute Gasteiger partial charge is 0.138 e. The van der Waals surface area contributed by atoms with Crippen molar-refractivity contribution < 1.29 is 0 Å². The molecule has 0 fully saturated rings. The number of hydrogen-bond acceptors (Lipinski definition) is 4. The van der Waals surface area contributed by atoms with Crippen molar-refractivity contribution in [3.8, 4) is 11.1 Å². The fraction of sp³-hybridized carbons (Fsp3) is 0.278. The Kier molecular flexibility index (Phi) is 4.81. The van der Waals surface area contributed by atoms with Crippen LogP contribution in [0.3, 0.4) is 0 Å². The summed E-state index contributed by atoms with van der Waals surface area (Å²) in [5, 5.41) is 8.14. The van der Waals surface area contributed by atoms with Crippen LogP contribution in [0.25, 0.3) is 11.1 Å². The molecule has 0 amide bonds. The molecule has 1 aromatic carbocycles. The van der Waals surface area contributed by atoms with Gasteiger partial charge in [0.15, 0.2) is 0 Å². The van der Waals surface area contributed by atoms with Gasteiger partial charge in [-0.2, -0.15) is 5.10 Å². The van der Waals surface area contributed by atoms with Crippen LogP contribution in [0.1, 0.15) is 23.9 Å². The molecule has 0 aliphatic rings. The summed E-state index contributed by atoms with van der Waals surface area (Å²) in [6.07, 6.45) is 4.67. The number of aromatic nitrogens is 4. The first-order valence-corrected chi connectivity index (χ1v) is 8.29. The van der Waals surface area contributed by atoms with E-state index >= 15 is 0 Å². The van der Waals surface area contributed by atoms with E-state index in [1.54, 1.807) is 4.68 Å². The maximum atomic E-state index is 6.22. The monoisotopic (exact) mass is 341 g/mol. The fourth-order valence-electron chi connectivity index (χ4n) is 2.64. The van der Waals surface area contributed by atoms with Gasteiger partial charge in [0, 0.05) is 30.9 Å². The molecule has 3 aromatic rings. The summed E-state index contributed by atoms with van der Waals surface area (Å²) < 4.78 is 1.81. The van der Waals surface area contributed by atoms with Crippen LogP contribution in [-0.4, -0.2) is 19.7 Å². The zero-order valence-electron chi connectivity index (χ0n) is 14.0. The number of rotatable bonds is 5. The van der Waals surface area contributed by atoms with Gasteiger partial charge in [-0.25, -0.2) is 9.97 Å². The highest BCUT2D eigenvalue weighted by molar-refractivity contribution is 6.30. The lowest BCUT2D eigenvalue weighted by Crippen LogP contribution is -2.07. The normalized spacial score (nSPS) is 10.8. The first-order valence-electron chi connectivity index (χ1n) is 7.91. The van der Waals surface area contributed by atoms with Crippen LogP contribution >= 0.6 is 11.6 Å². The van der Waals surface area contributed by atoms with Crippen LogP contribution in [0.5, 0.6) is 0 Å². The maximum Gasteiger partial charge on any atom is 0.138 e. The van der Waals surface area contributed by atoms with Crippen molar-refractivity contribution in [1.29, 1.82) is 0 Å². The molecule has 2 heterocycles. The fourth-order valence-corrected chi connectivity index (χ4v) is 2.98. The van der Waals surface area contributed by atoms with E-state index in [9.17, 15) is 0 Å². The van der Waals surface area contributed by atoms with Crippen molar-refractivity contribution in [3.05, 3.63) is 58.8 Å². The molecule has 1 N–H and O–H groups in total. The Morgan fingerprint density at radius 2 is 2.04 bits per heavy atom. The second kappa shape index (κ2) is 7.01. The summed E-state index contributed by atoms with van der Waals surface area (Å²) in [7, 11) is 1.92. The highest BCUT2D eigenvalue weighted by Gasteiger charge is 2.10. The molecule has 0 aliphatic heterocycles. The van der Waals surface area contributed by atoms with E-state index in [1.165, 1.54) is 5.56 Å². The zero-order valence-corrected chi connectivity index (χ0v) is 14.8. The third-order valence-corrected chi connectivity index (χ3v) is 4.16. The Balaban J connectivity index is 1.81. The number of hydrogen-bond donors (Lipinski definition) is 1. The van der Waals surface area contributed by atoms with Crippen molar-refractivity contribution in [1.82, 2.24) is 19.7 Å². The molecule has 5 nitrogen and oxygen atoms in total. The van der Waals surface area contributed by atoms with Gasteiger partial charge in [0.25, 0.3) is 0 Å². The minimum atomic E-state index is 0.525. The summed E-state index contributed by atoms with van der Waals surface area (Å²) in [4.78, 5) is 8.71. The standard InChI is InChI=1S/C18H20ClN5/c1-4-16-17(19)22-12(2)23-18(16)20-9-13-6-5-7-14(8-13)15-10-21-24(3)11-15/h5-8,10-11H,4,9H2,1-3H3,(H,20,22,23). The molecule has 0 radical (unpaired) electrons. The van der Waals surface area contributed by atoms with Crippen LogP contribution in [0.15, 0.2) is 36.7 Å². The topological polar surface area (TPSA) is 55.6 Å². The zero-order chi connectivity index (χ0) is 17.1. The molecule has 6 heteroatoms. The Bertz CT molecular complexity index is 856. The van der Waals surface area contributed by atoms with Crippen LogP contribution in [0.2, 0.25) is 5.15 Å². The first-order chi connectivity index (χ1) is 11.6. The van der Waals surface area contributed by atoms with Gasteiger partial charge in [-0.3, -0.25) is 4.68 Å². The van der Waals surface area contributed by atoms with Crippen LogP contribution < -0.4 is 5.32 Å². The van der Waals surface area contributed by atoms with Gasteiger partial charge in [0.05, 0.1) is 6.20 Å². The minimum absolute atomic E-state index is 0.525. The van der Waals surface area contributed by atoms with Crippen molar-refractivity contribution >= 4 is 17.4 Å². The van der Waals surface area contributed by atoms with Crippen LogP contribution in [0.4, 0.5) is 5.82 Å². The Labute approximate surface area is 146 Å². The average Bonchev–Trinajstić information content (AvgIpc) is 2.99. The molecule has 2 aromatic heterocycles. The SMILES string of the molecule is CCc1c(Cl)nc(C)nc1NCc1cccc(-c2cnn(C)c2)c1. The molecular formula is C18H20ClN5. The van der Waals surface area contributed by atoms with Crippen molar-refractivity contribution in [2.24, 2.45) is 7.05 Å². The van der Waals surface area contributed by atoms with Crippen molar-refractivity contribution in [2.45, 2.75) is 26.8 Å². The van der Waals surface area contributed by atoms with Gasteiger partial charge >= 0.3 is 0 Å². The van der Waals surface area contributed by atoms with E-state index in [-0.39, 0.29) is 0 Å². The van der Waals surface area contributed by atoms with Gasteiger partial charge in [0.2, 0.25) is 0 Å². The Morgan fingerprint density at radius 1 is 1.21 bits per heavy atom. The number of benzene rings is 1. The number of anilines is 1. The molecular weight excluding hydrogens is 322 g/mol. The Morgan fingerprint density at radius 3 is 2.75 bits per heavy atom. The second-order valence-electron chi connectivity index (χ2n) is 5.70. The highest BCUT2D eigenvalue weighted by Crippen LogP contribution is 2.23. The van der Waals surface area contributed by atoms with E-state index in [0.29, 0.717) is 17.5 Å². The van der Waals surface area contributed by atoms with Gasteiger partial charge in [-0.05, 0) is 30.5 Å². The van der Waals surface area contributed by atoms with Gasteiger partial charge in [-0.15, -0.1) is 0 Å². The molecule has 24 heavy (non-hydrogen) atoms. The molecule has 0 unspecified atom stereocenters. The molecule has 0 atom stereocenters. The highest BCUT2D eigenvalue weighted by atomic mass is 35.5. The largest absolute Gasteiger partial charge is 0.366 e. The molecule has 0 spiro atoms. The number of halogens is 1. The molecule has 0 aliphatic carbocycles. The van der Waals surface area contributed by atoms with Crippen LogP contribution in [-0.2, 0) is 20.0 Å². The molecule has 0 saturated carbocycles. The number of nitrogens with zero attached hydrogens (tertiary/aromatic N) is 4. The second-order valence-corrected chi connectivity index (χ2v) is 6.06. The number of nitrogens with one attached hydrogen (secondary N) is 1. The Hall–Kier alpha value is -2.40. The van der Waals surface area contributed by atoms with Crippen molar-refractivity contribution in [3.63, 3.8) is 0 Å². The third-order valence-electron chi connectivity index (χ3n) is 3.85. The van der Waals surface area contributed by atoms with E-state index < -0.39 is 0 Å². The summed E-state index contributed by atoms with van der Waals surface area (Å²) in [5.41, 5.74) is 4.38. The summed E-state index contributed by atoms with van der Waals surface area (Å²) >= 11 is 6.22. The summed E-state index contributed by atoms with van der Waals surface area (Å²) in [5.74, 6) is 1.48. The van der Waals surface area contributed by atoms with E-state index in [2.05, 4.69) is 44.6 Å². The first kappa shape index (κ1) is 16.5. The van der Waals surface area contributed by atoms with Crippen LogP contribution in [0, 0.1) is 6.92 Å². The predicted octanol–water partition coefficient (Wildman–Crippen LogP) is 4.01. The summed E-state index contributed by atoms with van der Waals surface area (Å²) in [6.45, 7) is 4.57. The van der Waals surface area contributed by atoms with Crippen molar-refractivity contribution in [2.75, 3.05) is 5.32 Å². The lowest BCUT2D eigenvalue weighted by Gasteiger charge is -2.12. The predicted molar refractivity (Wildman–Crippen MR) is 97.1 cm³/mol. The number of aryl methyl sites for hydroxylation is 2. The van der Waals surface area contributed by atoms with E-state index in [0.717, 1.165) is 28.9 Å². The maximum absolute atomic E-state index is 6.22. The molecule has 0 bridgehead atoms. The lowest BCUT2D eigenvalue weighted by atomic mass is 10.1.